The van der Waals surface area contributed by atoms with Gasteiger partial charge in [0.05, 0.1) is 22.3 Å². The van der Waals surface area contributed by atoms with Crippen molar-refractivity contribution in [1.29, 1.82) is 0 Å². The highest BCUT2D eigenvalue weighted by Crippen LogP contribution is 2.26. The molecule has 1 aliphatic heterocycles. The van der Waals surface area contributed by atoms with Crippen LogP contribution in [0.15, 0.2) is 6.20 Å². The first-order valence-electron chi connectivity index (χ1n) is 9.09. The van der Waals surface area contributed by atoms with Crippen molar-refractivity contribution < 1.29 is 14.3 Å². The Labute approximate surface area is 179 Å². The van der Waals surface area contributed by atoms with Gasteiger partial charge >= 0.3 is 0 Å². The van der Waals surface area contributed by atoms with E-state index in [1.54, 1.807) is 10.9 Å². The van der Waals surface area contributed by atoms with Crippen LogP contribution in [0.2, 0.25) is 0 Å². The molecule has 1 atom stereocenters. The van der Waals surface area contributed by atoms with Crippen LogP contribution in [0.4, 0.5) is 0 Å². The molecular formula is C18H29IN4O3S. The molecule has 2 amide bonds. The first kappa shape index (κ1) is 22.6. The lowest BCUT2D eigenvalue weighted by Crippen LogP contribution is -2.30. The van der Waals surface area contributed by atoms with Gasteiger partial charge in [0.2, 0.25) is 11.8 Å². The Bertz CT molecular complexity index is 677. The minimum atomic E-state index is -0.265. The second kappa shape index (κ2) is 9.21. The first-order chi connectivity index (χ1) is 12.5. The maximum Gasteiger partial charge on any atom is 0.243 e. The van der Waals surface area contributed by atoms with E-state index in [9.17, 15) is 9.59 Å². The SMILES string of the molecule is CSC(C)(C)CCOC(C)(C)CCn1cc(CN2C(=O)CC(I)C2=O)nn1. The molecule has 7 nitrogen and oxygen atoms in total. The molecule has 1 fully saturated rings. The Kier molecular flexibility index (Phi) is 7.71. The van der Waals surface area contributed by atoms with Crippen molar-refractivity contribution in [3.8, 4) is 0 Å². The van der Waals surface area contributed by atoms with Crippen molar-refractivity contribution >= 4 is 46.2 Å². The fraction of sp³-hybridized carbons (Fsp3) is 0.778. The molecule has 0 radical (unpaired) electrons. The molecule has 27 heavy (non-hydrogen) atoms. The minimum Gasteiger partial charge on any atom is -0.375 e. The van der Waals surface area contributed by atoms with Crippen LogP contribution in [0.5, 0.6) is 0 Å². The zero-order chi connectivity index (χ0) is 20.2. The fourth-order valence-electron chi connectivity index (χ4n) is 2.62. The largest absolute Gasteiger partial charge is 0.375 e. The minimum absolute atomic E-state index is 0.141. The van der Waals surface area contributed by atoms with Crippen LogP contribution in [0, 0.1) is 0 Å². The van der Waals surface area contributed by atoms with Crippen molar-refractivity contribution in [2.24, 2.45) is 0 Å². The second-order valence-electron chi connectivity index (χ2n) is 8.03. The summed E-state index contributed by atoms with van der Waals surface area (Å²) in [6.45, 7) is 10.2. The number of rotatable bonds is 10. The Balaban J connectivity index is 1.81. The van der Waals surface area contributed by atoms with Crippen LogP contribution in [0.25, 0.3) is 0 Å². The molecule has 2 heterocycles. The predicted molar refractivity (Wildman–Crippen MR) is 115 cm³/mol. The van der Waals surface area contributed by atoms with E-state index >= 15 is 0 Å². The molecule has 152 valence electrons. The summed E-state index contributed by atoms with van der Waals surface area (Å²) >= 11 is 3.86. The van der Waals surface area contributed by atoms with Crippen LogP contribution >= 0.6 is 34.4 Å². The van der Waals surface area contributed by atoms with Crippen LogP contribution in [-0.2, 0) is 27.4 Å². The number of imide groups is 1. The molecule has 1 aromatic heterocycles. The topological polar surface area (TPSA) is 77.3 Å². The van der Waals surface area contributed by atoms with Gasteiger partial charge in [0.1, 0.15) is 5.69 Å². The molecule has 0 saturated carbocycles. The highest BCUT2D eigenvalue weighted by Gasteiger charge is 2.37. The third-order valence-corrected chi connectivity index (χ3v) is 7.07. The number of carbonyl (C=O) groups is 2. The Morgan fingerprint density at radius 3 is 2.59 bits per heavy atom. The Hall–Kier alpha value is -0.680. The van der Waals surface area contributed by atoms with Gasteiger partial charge in [-0.05, 0) is 32.9 Å². The lowest BCUT2D eigenvalue weighted by atomic mass is 10.0. The fourth-order valence-corrected chi connectivity index (χ4v) is 3.62. The van der Waals surface area contributed by atoms with Gasteiger partial charge in [0.25, 0.3) is 0 Å². The summed E-state index contributed by atoms with van der Waals surface area (Å²) in [7, 11) is 0. The first-order valence-corrected chi connectivity index (χ1v) is 11.6. The average Bonchev–Trinajstić information content (AvgIpc) is 3.13. The highest BCUT2D eigenvalue weighted by molar-refractivity contribution is 14.1. The molecule has 1 saturated heterocycles. The van der Waals surface area contributed by atoms with Gasteiger partial charge in [-0.3, -0.25) is 19.2 Å². The number of carbonyl (C=O) groups excluding carboxylic acids is 2. The van der Waals surface area contributed by atoms with Gasteiger partial charge in [-0.25, -0.2) is 0 Å². The van der Waals surface area contributed by atoms with E-state index in [0.29, 0.717) is 12.2 Å². The summed E-state index contributed by atoms with van der Waals surface area (Å²) < 4.78 is 7.77. The Morgan fingerprint density at radius 2 is 2.00 bits per heavy atom. The number of aryl methyl sites for hydroxylation is 1. The molecule has 0 N–H and O–H groups in total. The summed E-state index contributed by atoms with van der Waals surface area (Å²) in [4.78, 5) is 25.2. The third kappa shape index (κ3) is 6.70. The molecule has 0 aliphatic carbocycles. The lowest BCUT2D eigenvalue weighted by Gasteiger charge is -2.28. The molecule has 0 spiro atoms. The number of likely N-dealkylation sites (tertiary alicyclic amines) is 1. The molecule has 0 aromatic carbocycles. The molecule has 1 aromatic rings. The van der Waals surface area contributed by atoms with Gasteiger partial charge < -0.3 is 4.74 Å². The summed E-state index contributed by atoms with van der Waals surface area (Å²) in [5.41, 5.74) is 0.373. The van der Waals surface area contributed by atoms with E-state index in [-0.39, 0.29) is 39.1 Å². The highest BCUT2D eigenvalue weighted by atomic mass is 127. The molecule has 1 aliphatic rings. The molecule has 2 rings (SSSR count). The Morgan fingerprint density at radius 1 is 1.30 bits per heavy atom. The average molecular weight is 508 g/mol. The number of hydrogen-bond acceptors (Lipinski definition) is 6. The summed E-state index contributed by atoms with van der Waals surface area (Å²) in [5.74, 6) is -0.283. The van der Waals surface area contributed by atoms with Crippen LogP contribution in [0.1, 0.15) is 52.7 Å². The maximum atomic E-state index is 12.0. The number of nitrogens with zero attached hydrogens (tertiary/aromatic N) is 4. The number of halogens is 1. The summed E-state index contributed by atoms with van der Waals surface area (Å²) in [5, 5.41) is 8.22. The van der Waals surface area contributed by atoms with Crippen molar-refractivity contribution in [2.75, 3.05) is 12.9 Å². The van der Waals surface area contributed by atoms with E-state index in [4.69, 9.17) is 4.74 Å². The molecule has 1 unspecified atom stereocenters. The number of amides is 2. The van der Waals surface area contributed by atoms with E-state index in [2.05, 4.69) is 44.3 Å². The van der Waals surface area contributed by atoms with Gasteiger partial charge in [-0.1, -0.05) is 41.7 Å². The standard InChI is InChI=1S/C18H29IN4O3S/c1-17(2,26-9-7-18(3,4)27-5)6-8-22-11-13(20-21-22)12-23-15(24)10-14(19)16(23)25/h11,14H,6-10,12H2,1-5H3. The zero-order valence-corrected chi connectivity index (χ0v) is 19.7. The van der Waals surface area contributed by atoms with Gasteiger partial charge in [-0.15, -0.1) is 5.10 Å². The number of thioether (sulfide) groups is 1. The van der Waals surface area contributed by atoms with Crippen molar-refractivity contribution in [2.45, 2.75) is 74.3 Å². The van der Waals surface area contributed by atoms with E-state index in [0.717, 1.165) is 19.4 Å². The van der Waals surface area contributed by atoms with Gasteiger partial charge in [0.15, 0.2) is 0 Å². The molecule has 0 bridgehead atoms. The van der Waals surface area contributed by atoms with E-state index in [1.807, 2.05) is 34.4 Å². The third-order valence-electron chi connectivity index (χ3n) is 4.79. The van der Waals surface area contributed by atoms with Crippen molar-refractivity contribution in [3.63, 3.8) is 0 Å². The zero-order valence-electron chi connectivity index (χ0n) is 16.7. The van der Waals surface area contributed by atoms with Crippen LogP contribution in [-0.4, -0.2) is 58.8 Å². The number of alkyl halides is 1. The van der Waals surface area contributed by atoms with Gasteiger partial charge in [0, 0.05) is 24.3 Å². The van der Waals surface area contributed by atoms with Crippen molar-refractivity contribution in [3.05, 3.63) is 11.9 Å². The van der Waals surface area contributed by atoms with Crippen LogP contribution in [0.3, 0.4) is 0 Å². The van der Waals surface area contributed by atoms with Crippen molar-refractivity contribution in [1.82, 2.24) is 19.9 Å². The predicted octanol–water partition coefficient (Wildman–Crippen LogP) is 3.06. The van der Waals surface area contributed by atoms with E-state index in [1.165, 1.54) is 4.90 Å². The normalized spacial score (nSPS) is 18.6. The van der Waals surface area contributed by atoms with Gasteiger partial charge in [-0.2, -0.15) is 11.8 Å². The second-order valence-corrected chi connectivity index (χ2v) is 11.1. The van der Waals surface area contributed by atoms with E-state index < -0.39 is 0 Å². The smallest absolute Gasteiger partial charge is 0.243 e. The molecule has 9 heteroatoms. The quantitative estimate of drug-likeness (QED) is 0.275. The maximum absolute atomic E-state index is 12.0. The monoisotopic (exact) mass is 508 g/mol. The molecular weight excluding hydrogens is 479 g/mol. The summed E-state index contributed by atoms with van der Waals surface area (Å²) in [6.07, 6.45) is 5.99. The number of aromatic nitrogens is 3. The number of hydrogen-bond donors (Lipinski definition) is 0. The van der Waals surface area contributed by atoms with Crippen LogP contribution < -0.4 is 0 Å². The summed E-state index contributed by atoms with van der Waals surface area (Å²) in [6, 6.07) is 0. The lowest BCUT2D eigenvalue weighted by molar-refractivity contribution is -0.138. The number of ether oxygens (including phenoxy) is 1.